The van der Waals surface area contributed by atoms with Gasteiger partial charge in [-0.3, -0.25) is 0 Å². The lowest BCUT2D eigenvalue weighted by Gasteiger charge is -2.08. The zero-order chi connectivity index (χ0) is 14.6. The molecule has 0 N–H and O–H groups in total. The molecule has 110 valence electrons. The first kappa shape index (κ1) is 16.7. The van der Waals surface area contributed by atoms with Gasteiger partial charge in [-0.2, -0.15) is 0 Å². The van der Waals surface area contributed by atoms with E-state index in [1.54, 1.807) is 6.92 Å². The van der Waals surface area contributed by atoms with Crippen LogP contribution in [0.25, 0.3) is 6.08 Å². The van der Waals surface area contributed by atoms with Crippen molar-refractivity contribution >= 4 is 11.9 Å². The van der Waals surface area contributed by atoms with E-state index in [0.717, 1.165) is 12.8 Å². The Morgan fingerprint density at radius 2 is 1.80 bits per heavy atom. The van der Waals surface area contributed by atoms with E-state index >= 15 is 0 Å². The molecule has 0 aliphatic rings. The first-order valence-electron chi connectivity index (χ1n) is 7.89. The Morgan fingerprint density at radius 1 is 1.10 bits per heavy atom. The maximum Gasteiger partial charge on any atom is 0.130 e. The molecule has 0 radical (unpaired) electrons. The summed E-state index contributed by atoms with van der Waals surface area (Å²) in [7, 11) is 0. The number of Topliss-reactive ketones (excluding diaryl/α,β-unsaturated/α-hetero) is 1. The van der Waals surface area contributed by atoms with Crippen LogP contribution in [0.15, 0.2) is 36.4 Å². The Bertz CT molecular complexity index is 391. The summed E-state index contributed by atoms with van der Waals surface area (Å²) in [5.41, 5.74) is 1.28. The van der Waals surface area contributed by atoms with Crippen LogP contribution in [0.2, 0.25) is 0 Å². The number of ketones is 1. The van der Waals surface area contributed by atoms with E-state index in [1.165, 1.54) is 37.7 Å². The molecule has 1 atom stereocenters. The van der Waals surface area contributed by atoms with Crippen LogP contribution in [-0.4, -0.2) is 5.78 Å². The van der Waals surface area contributed by atoms with E-state index < -0.39 is 0 Å². The highest BCUT2D eigenvalue weighted by Gasteiger charge is 2.04. The second kappa shape index (κ2) is 10.4. The minimum absolute atomic E-state index is 0.323. The summed E-state index contributed by atoms with van der Waals surface area (Å²) in [6, 6.07) is 10.5. The Morgan fingerprint density at radius 3 is 2.50 bits per heavy atom. The van der Waals surface area contributed by atoms with Gasteiger partial charge < -0.3 is 4.79 Å². The molecular formula is C19H28O. The van der Waals surface area contributed by atoms with E-state index in [0.29, 0.717) is 11.7 Å². The van der Waals surface area contributed by atoms with Gasteiger partial charge in [0, 0.05) is 6.42 Å². The molecule has 1 aromatic rings. The summed E-state index contributed by atoms with van der Waals surface area (Å²) in [5, 5.41) is 0. The van der Waals surface area contributed by atoms with Gasteiger partial charge in [-0.05, 0) is 31.2 Å². The molecule has 1 heteroatoms. The van der Waals surface area contributed by atoms with Crippen molar-refractivity contribution in [1.29, 1.82) is 0 Å². The Balaban J connectivity index is 1.97. The topological polar surface area (TPSA) is 17.1 Å². The van der Waals surface area contributed by atoms with Crippen molar-refractivity contribution in [3.8, 4) is 0 Å². The minimum atomic E-state index is 0.323. The lowest BCUT2D eigenvalue weighted by molar-refractivity contribution is -0.117. The van der Waals surface area contributed by atoms with Crippen LogP contribution in [-0.2, 0) is 4.79 Å². The molecule has 0 amide bonds. The molecule has 0 saturated heterocycles. The van der Waals surface area contributed by atoms with Gasteiger partial charge in [0.2, 0.25) is 0 Å². The third-order valence-corrected chi connectivity index (χ3v) is 3.56. The maximum absolute atomic E-state index is 11.0. The number of benzene rings is 1. The number of hydrogen-bond acceptors (Lipinski definition) is 1. The monoisotopic (exact) mass is 272 g/mol. The van der Waals surface area contributed by atoms with E-state index in [9.17, 15) is 4.79 Å². The molecule has 0 spiro atoms. The van der Waals surface area contributed by atoms with Crippen molar-refractivity contribution in [2.24, 2.45) is 5.92 Å². The van der Waals surface area contributed by atoms with Crippen LogP contribution >= 0.6 is 0 Å². The van der Waals surface area contributed by atoms with Gasteiger partial charge in [0.1, 0.15) is 5.78 Å². The van der Waals surface area contributed by atoms with Gasteiger partial charge in [-0.25, -0.2) is 0 Å². The van der Waals surface area contributed by atoms with Gasteiger partial charge in [0.05, 0.1) is 0 Å². The van der Waals surface area contributed by atoms with Gasteiger partial charge in [0.25, 0.3) is 0 Å². The van der Waals surface area contributed by atoms with Crippen LogP contribution < -0.4 is 0 Å². The smallest absolute Gasteiger partial charge is 0.130 e. The highest BCUT2D eigenvalue weighted by molar-refractivity contribution is 5.75. The van der Waals surface area contributed by atoms with Crippen molar-refractivity contribution < 1.29 is 4.79 Å². The molecule has 0 aliphatic carbocycles. The van der Waals surface area contributed by atoms with Crippen molar-refractivity contribution in [3.05, 3.63) is 42.0 Å². The number of unbranched alkanes of at least 4 members (excludes halogenated alkanes) is 4. The van der Waals surface area contributed by atoms with Gasteiger partial charge in [-0.1, -0.05) is 75.1 Å². The number of rotatable bonds is 10. The number of allylic oxidation sites excluding steroid dienone is 1. The molecule has 0 fully saturated rings. The molecule has 0 saturated carbocycles. The lowest BCUT2D eigenvalue weighted by Crippen LogP contribution is -2.01. The molecule has 0 aromatic heterocycles. The molecule has 20 heavy (non-hydrogen) atoms. The second-order valence-electron chi connectivity index (χ2n) is 5.82. The first-order valence-corrected chi connectivity index (χ1v) is 7.89. The average molecular weight is 272 g/mol. The van der Waals surface area contributed by atoms with Crippen molar-refractivity contribution in [3.63, 3.8) is 0 Å². The summed E-state index contributed by atoms with van der Waals surface area (Å²) < 4.78 is 0. The summed E-state index contributed by atoms with van der Waals surface area (Å²) in [4.78, 5) is 11.0. The molecule has 0 heterocycles. The molecule has 1 rings (SSSR count). The fourth-order valence-corrected chi connectivity index (χ4v) is 2.48. The lowest BCUT2D eigenvalue weighted by atomic mass is 9.97. The maximum atomic E-state index is 11.0. The van der Waals surface area contributed by atoms with Crippen molar-refractivity contribution in [1.82, 2.24) is 0 Å². The van der Waals surface area contributed by atoms with E-state index in [1.807, 2.05) is 6.07 Å². The molecule has 0 unspecified atom stereocenters. The Hall–Kier alpha value is -1.37. The Labute approximate surface area is 124 Å². The summed E-state index contributed by atoms with van der Waals surface area (Å²) in [6.07, 6.45) is 12.7. The standard InChI is InChI=1S/C19H28O/c1-17(16-18(2)20)12-8-5-3-4-6-9-13-19-14-10-7-11-15-19/h7,9-11,13-15,17H,3-6,8,12,16H2,1-2H3/b13-9+/t17-/m1/s1. The largest absolute Gasteiger partial charge is 0.300 e. The molecule has 0 aliphatic heterocycles. The SMILES string of the molecule is CC(=O)C[C@H](C)CCCCCC/C=C/c1ccccc1. The average Bonchev–Trinajstić information content (AvgIpc) is 2.42. The quantitative estimate of drug-likeness (QED) is 0.502. The van der Waals surface area contributed by atoms with E-state index in [4.69, 9.17) is 0 Å². The summed E-state index contributed by atoms with van der Waals surface area (Å²) in [6.45, 7) is 3.87. The molecule has 1 aromatic carbocycles. The van der Waals surface area contributed by atoms with E-state index in [-0.39, 0.29) is 0 Å². The van der Waals surface area contributed by atoms with Crippen LogP contribution in [0.3, 0.4) is 0 Å². The minimum Gasteiger partial charge on any atom is -0.300 e. The third kappa shape index (κ3) is 8.68. The second-order valence-corrected chi connectivity index (χ2v) is 5.82. The fraction of sp³-hybridized carbons (Fsp3) is 0.526. The van der Waals surface area contributed by atoms with Crippen LogP contribution in [0.5, 0.6) is 0 Å². The summed E-state index contributed by atoms with van der Waals surface area (Å²) in [5.74, 6) is 0.883. The van der Waals surface area contributed by atoms with Crippen LogP contribution in [0.4, 0.5) is 0 Å². The van der Waals surface area contributed by atoms with Crippen LogP contribution in [0, 0.1) is 5.92 Å². The summed E-state index contributed by atoms with van der Waals surface area (Å²) >= 11 is 0. The molecule has 0 bridgehead atoms. The normalized spacial score (nSPS) is 12.7. The number of carbonyl (C=O) groups is 1. The zero-order valence-electron chi connectivity index (χ0n) is 13.0. The predicted octanol–water partition coefficient (Wildman–Crippen LogP) is 5.66. The van der Waals surface area contributed by atoms with Crippen molar-refractivity contribution in [2.75, 3.05) is 0 Å². The third-order valence-electron chi connectivity index (χ3n) is 3.56. The van der Waals surface area contributed by atoms with Gasteiger partial charge in [-0.15, -0.1) is 0 Å². The first-order chi connectivity index (χ1) is 9.68. The number of carbonyl (C=O) groups excluding carboxylic acids is 1. The van der Waals surface area contributed by atoms with E-state index in [2.05, 4.69) is 43.3 Å². The Kier molecular flexibility index (Phi) is 8.69. The van der Waals surface area contributed by atoms with Crippen molar-refractivity contribution in [2.45, 2.75) is 58.8 Å². The highest BCUT2D eigenvalue weighted by Crippen LogP contribution is 2.14. The highest BCUT2D eigenvalue weighted by atomic mass is 16.1. The predicted molar refractivity (Wildman–Crippen MR) is 87.6 cm³/mol. The van der Waals surface area contributed by atoms with Gasteiger partial charge in [0.15, 0.2) is 0 Å². The fourth-order valence-electron chi connectivity index (χ4n) is 2.48. The van der Waals surface area contributed by atoms with Gasteiger partial charge >= 0.3 is 0 Å². The van der Waals surface area contributed by atoms with Crippen LogP contribution in [0.1, 0.15) is 64.4 Å². The molecular weight excluding hydrogens is 244 g/mol. The number of hydrogen-bond donors (Lipinski definition) is 0. The zero-order valence-corrected chi connectivity index (χ0v) is 13.0. The molecule has 1 nitrogen and oxygen atoms in total.